The predicted molar refractivity (Wildman–Crippen MR) is 114 cm³/mol. The minimum atomic E-state index is -0.525. The summed E-state index contributed by atoms with van der Waals surface area (Å²) >= 11 is 0. The Hall–Kier alpha value is -1.95. The second kappa shape index (κ2) is 11.3. The average Bonchev–Trinajstić information content (AvgIpc) is 3.15. The molecule has 2 aromatic rings. The Balaban J connectivity index is 1.68. The van der Waals surface area contributed by atoms with Crippen LogP contribution in [-0.4, -0.2) is 46.5 Å². The fraction of sp³-hybridized carbons (Fsp3) is 0.500. The number of nitrogens with zero attached hydrogens (tertiary/aromatic N) is 2. The van der Waals surface area contributed by atoms with Gasteiger partial charge in [-0.2, -0.15) is 0 Å². The molecule has 1 saturated carbocycles. The summed E-state index contributed by atoms with van der Waals surface area (Å²) in [5, 5.41) is 10.5. The molecule has 1 N–H and O–H groups in total. The third kappa shape index (κ3) is 6.81. The largest absolute Gasteiger partial charge is 0.389 e. The summed E-state index contributed by atoms with van der Waals surface area (Å²) in [6.07, 6.45) is 9.35. The maximum Gasteiger partial charge on any atom is 0.123 e. The Morgan fingerprint density at radius 3 is 2.83 bits per heavy atom. The first-order valence-corrected chi connectivity index (χ1v) is 10.6. The lowest BCUT2D eigenvalue weighted by Crippen LogP contribution is -2.42. The molecule has 1 heterocycles. The van der Waals surface area contributed by atoms with E-state index in [0.29, 0.717) is 32.3 Å². The van der Waals surface area contributed by atoms with Gasteiger partial charge in [0.25, 0.3) is 0 Å². The van der Waals surface area contributed by atoms with Crippen molar-refractivity contribution in [3.05, 3.63) is 72.3 Å². The van der Waals surface area contributed by atoms with Gasteiger partial charge >= 0.3 is 0 Å². The number of aromatic nitrogens is 1. The Morgan fingerprint density at radius 2 is 2.07 bits per heavy atom. The molecule has 1 atom stereocenters. The molecule has 1 aliphatic rings. The number of benzene rings is 1. The molecule has 1 aliphatic carbocycles. The van der Waals surface area contributed by atoms with Gasteiger partial charge in [0, 0.05) is 37.6 Å². The number of hydrogen-bond acceptors (Lipinski definition) is 3. The summed E-state index contributed by atoms with van der Waals surface area (Å²) in [6.45, 7) is 6.42. The van der Waals surface area contributed by atoms with Crippen molar-refractivity contribution in [2.24, 2.45) is 0 Å². The van der Waals surface area contributed by atoms with Gasteiger partial charge in [-0.15, -0.1) is 6.58 Å². The highest BCUT2D eigenvalue weighted by molar-refractivity contribution is 5.19. The van der Waals surface area contributed by atoms with Crippen molar-refractivity contribution >= 4 is 0 Å². The van der Waals surface area contributed by atoms with Gasteiger partial charge < -0.3 is 14.4 Å². The molecule has 1 fully saturated rings. The van der Waals surface area contributed by atoms with E-state index in [-0.39, 0.29) is 5.82 Å². The molecule has 0 amide bonds. The molecule has 0 bridgehead atoms. The van der Waals surface area contributed by atoms with Gasteiger partial charge in [0.15, 0.2) is 0 Å². The van der Waals surface area contributed by atoms with Crippen LogP contribution in [0.25, 0.3) is 0 Å². The van der Waals surface area contributed by atoms with E-state index in [0.717, 1.165) is 12.1 Å². The van der Waals surface area contributed by atoms with E-state index in [1.165, 1.54) is 43.9 Å². The van der Waals surface area contributed by atoms with Crippen LogP contribution in [0.15, 0.2) is 55.3 Å². The van der Waals surface area contributed by atoms with Gasteiger partial charge in [0.05, 0.1) is 19.3 Å². The minimum absolute atomic E-state index is 0.206. The lowest BCUT2D eigenvalue weighted by atomic mass is 9.94. The van der Waals surface area contributed by atoms with E-state index in [4.69, 9.17) is 4.74 Å². The summed E-state index contributed by atoms with van der Waals surface area (Å²) in [5.74, 6) is -0.206. The predicted octanol–water partition coefficient (Wildman–Crippen LogP) is 4.37. The first kappa shape index (κ1) is 21.8. The van der Waals surface area contributed by atoms with Gasteiger partial charge in [0.1, 0.15) is 5.82 Å². The van der Waals surface area contributed by atoms with Gasteiger partial charge in [-0.1, -0.05) is 37.5 Å². The molecular weight excluding hydrogens is 367 g/mol. The third-order valence-electron chi connectivity index (χ3n) is 5.61. The number of ether oxygens (including phenoxy) is 1. The Kier molecular flexibility index (Phi) is 8.47. The molecule has 1 aromatic carbocycles. The average molecular weight is 401 g/mol. The quantitative estimate of drug-likeness (QED) is 0.449. The molecule has 3 rings (SSSR count). The van der Waals surface area contributed by atoms with Crippen molar-refractivity contribution in [1.29, 1.82) is 0 Å². The molecule has 0 spiro atoms. The van der Waals surface area contributed by atoms with Crippen LogP contribution >= 0.6 is 0 Å². The third-order valence-corrected chi connectivity index (χ3v) is 5.61. The van der Waals surface area contributed by atoms with Gasteiger partial charge in [0.2, 0.25) is 0 Å². The lowest BCUT2D eigenvalue weighted by Gasteiger charge is -2.35. The van der Waals surface area contributed by atoms with Crippen molar-refractivity contribution in [3.8, 4) is 0 Å². The maximum absolute atomic E-state index is 13.6. The van der Waals surface area contributed by atoms with Gasteiger partial charge in [-0.25, -0.2) is 4.39 Å². The highest BCUT2D eigenvalue weighted by Gasteiger charge is 2.24. The second-order valence-electron chi connectivity index (χ2n) is 7.96. The van der Waals surface area contributed by atoms with Crippen molar-refractivity contribution in [3.63, 3.8) is 0 Å². The fourth-order valence-corrected chi connectivity index (χ4v) is 4.19. The number of halogens is 1. The summed E-state index contributed by atoms with van der Waals surface area (Å²) in [4.78, 5) is 2.40. The van der Waals surface area contributed by atoms with Crippen LogP contribution in [0.4, 0.5) is 4.39 Å². The number of aliphatic hydroxyl groups is 1. The highest BCUT2D eigenvalue weighted by atomic mass is 19.1. The van der Waals surface area contributed by atoms with Gasteiger partial charge in [-0.05, 0) is 42.7 Å². The second-order valence-corrected chi connectivity index (χ2v) is 7.96. The van der Waals surface area contributed by atoms with Crippen molar-refractivity contribution in [1.82, 2.24) is 9.47 Å². The summed E-state index contributed by atoms with van der Waals surface area (Å²) in [7, 11) is 0. The molecular formula is C24H33FN2O2. The van der Waals surface area contributed by atoms with Crippen LogP contribution < -0.4 is 0 Å². The molecule has 1 aromatic heterocycles. The molecule has 158 valence electrons. The monoisotopic (exact) mass is 400 g/mol. The van der Waals surface area contributed by atoms with Crippen LogP contribution in [0, 0.1) is 5.82 Å². The zero-order valence-electron chi connectivity index (χ0n) is 17.2. The van der Waals surface area contributed by atoms with Crippen LogP contribution in [0.5, 0.6) is 0 Å². The topological polar surface area (TPSA) is 37.6 Å². The summed E-state index contributed by atoms with van der Waals surface area (Å²) < 4.78 is 21.2. The van der Waals surface area contributed by atoms with Crippen LogP contribution in [0.3, 0.4) is 0 Å². The lowest BCUT2D eigenvalue weighted by molar-refractivity contribution is 0.00891. The molecule has 0 saturated heterocycles. The maximum atomic E-state index is 13.6. The molecule has 5 heteroatoms. The van der Waals surface area contributed by atoms with E-state index < -0.39 is 6.10 Å². The first-order chi connectivity index (χ1) is 14.2. The molecule has 29 heavy (non-hydrogen) atoms. The molecule has 4 nitrogen and oxygen atoms in total. The standard InChI is InChI=1S/C24H33FN2O2/c1-2-14-29-19-24(28)18-27(22-10-4-3-5-11-22)17-23-12-7-13-26(23)16-20-8-6-9-21(25)15-20/h2,6-9,12-13,15,22,24,28H,1,3-5,10-11,14,16-19H2/t24-/m0/s1. The van der Waals surface area contributed by atoms with E-state index >= 15 is 0 Å². The SMILES string of the molecule is C=CCOC[C@@H](O)CN(Cc1cccn1Cc1cccc(F)c1)C1CCCCC1. The smallest absolute Gasteiger partial charge is 0.123 e. The normalized spacial score (nSPS) is 16.2. The van der Waals surface area contributed by atoms with E-state index in [1.54, 1.807) is 18.2 Å². The fourth-order valence-electron chi connectivity index (χ4n) is 4.19. The summed E-state index contributed by atoms with van der Waals surface area (Å²) in [5.41, 5.74) is 2.13. The van der Waals surface area contributed by atoms with Crippen molar-refractivity contribution in [2.75, 3.05) is 19.8 Å². The number of rotatable bonds is 11. The van der Waals surface area contributed by atoms with Crippen LogP contribution in [-0.2, 0) is 17.8 Å². The van der Waals surface area contributed by atoms with Gasteiger partial charge in [-0.3, -0.25) is 4.90 Å². The van der Waals surface area contributed by atoms with Crippen LogP contribution in [0.2, 0.25) is 0 Å². The van der Waals surface area contributed by atoms with E-state index in [2.05, 4.69) is 22.1 Å². The first-order valence-electron chi connectivity index (χ1n) is 10.6. The number of aliphatic hydroxyl groups excluding tert-OH is 1. The van der Waals surface area contributed by atoms with Crippen molar-refractivity contribution < 1.29 is 14.2 Å². The van der Waals surface area contributed by atoms with Crippen molar-refractivity contribution in [2.45, 2.75) is 57.3 Å². The van der Waals surface area contributed by atoms with E-state index in [1.807, 2.05) is 18.3 Å². The molecule has 0 radical (unpaired) electrons. The number of hydrogen-bond donors (Lipinski definition) is 1. The van der Waals surface area contributed by atoms with E-state index in [9.17, 15) is 9.50 Å². The summed E-state index contributed by atoms with van der Waals surface area (Å²) in [6, 6.07) is 11.4. The molecule has 0 unspecified atom stereocenters. The zero-order valence-corrected chi connectivity index (χ0v) is 17.2. The zero-order chi connectivity index (χ0) is 20.5. The Morgan fingerprint density at radius 1 is 1.24 bits per heavy atom. The minimum Gasteiger partial charge on any atom is -0.389 e. The Labute approximate surface area is 173 Å². The highest BCUT2D eigenvalue weighted by Crippen LogP contribution is 2.25. The Bertz CT molecular complexity index is 755. The van der Waals surface area contributed by atoms with Crippen LogP contribution in [0.1, 0.15) is 43.4 Å². The molecule has 0 aliphatic heterocycles.